The van der Waals surface area contributed by atoms with Gasteiger partial charge >= 0.3 is 12.1 Å². The summed E-state index contributed by atoms with van der Waals surface area (Å²) in [7, 11) is 1.52. The van der Waals surface area contributed by atoms with Gasteiger partial charge in [0.2, 0.25) is 5.91 Å². The van der Waals surface area contributed by atoms with Gasteiger partial charge in [-0.25, -0.2) is 9.59 Å². The van der Waals surface area contributed by atoms with E-state index in [0.29, 0.717) is 12.5 Å². The van der Waals surface area contributed by atoms with E-state index in [0.717, 1.165) is 36.8 Å². The zero-order valence-electron chi connectivity index (χ0n) is 20.4. The van der Waals surface area contributed by atoms with Gasteiger partial charge in [-0.05, 0) is 41.0 Å². The summed E-state index contributed by atoms with van der Waals surface area (Å²) in [5.41, 5.74) is 4.67. The first-order chi connectivity index (χ1) is 16.9. The van der Waals surface area contributed by atoms with E-state index < -0.39 is 18.1 Å². The Balaban J connectivity index is 1.35. The number of carbonyl (C=O) groups is 3. The summed E-state index contributed by atoms with van der Waals surface area (Å²) in [4.78, 5) is 38.0. The molecule has 0 heterocycles. The summed E-state index contributed by atoms with van der Waals surface area (Å²) in [6.45, 7) is 2.08. The average Bonchev–Trinajstić information content (AvgIpc) is 3.51. The predicted octanol–water partition coefficient (Wildman–Crippen LogP) is 4.65. The molecule has 186 valence electrons. The van der Waals surface area contributed by atoms with Crippen LogP contribution in [0.25, 0.3) is 11.1 Å². The lowest BCUT2D eigenvalue weighted by Crippen LogP contribution is -2.42. The van der Waals surface area contributed by atoms with Gasteiger partial charge in [0, 0.05) is 25.9 Å². The first kappa shape index (κ1) is 24.8. The molecule has 2 amide bonds. The van der Waals surface area contributed by atoms with Gasteiger partial charge in [-0.3, -0.25) is 4.79 Å². The largest absolute Gasteiger partial charge is 0.480 e. The molecule has 0 saturated heterocycles. The highest BCUT2D eigenvalue weighted by Crippen LogP contribution is 2.44. The van der Waals surface area contributed by atoms with Crippen LogP contribution >= 0.6 is 0 Å². The Morgan fingerprint density at radius 1 is 1.03 bits per heavy atom. The normalized spacial score (nSPS) is 16.7. The molecule has 2 N–H and O–H groups in total. The third kappa shape index (κ3) is 5.50. The molecule has 2 atom stereocenters. The van der Waals surface area contributed by atoms with Crippen molar-refractivity contribution in [1.29, 1.82) is 0 Å². The minimum Gasteiger partial charge on any atom is -0.480 e. The van der Waals surface area contributed by atoms with Crippen molar-refractivity contribution in [1.82, 2.24) is 10.2 Å². The number of benzene rings is 2. The van der Waals surface area contributed by atoms with E-state index in [2.05, 4.69) is 29.6 Å². The predicted molar refractivity (Wildman–Crippen MR) is 133 cm³/mol. The van der Waals surface area contributed by atoms with Crippen molar-refractivity contribution >= 4 is 18.0 Å². The van der Waals surface area contributed by atoms with Crippen LogP contribution in [0, 0.1) is 11.8 Å². The molecule has 7 heteroatoms. The summed E-state index contributed by atoms with van der Waals surface area (Å²) in [5.74, 6) is -0.969. The number of nitrogens with one attached hydrogen (secondary N) is 1. The van der Waals surface area contributed by atoms with E-state index in [1.54, 1.807) is 0 Å². The van der Waals surface area contributed by atoms with Gasteiger partial charge in [-0.2, -0.15) is 0 Å². The summed E-state index contributed by atoms with van der Waals surface area (Å²) >= 11 is 0. The molecule has 0 aromatic heterocycles. The zero-order valence-corrected chi connectivity index (χ0v) is 20.4. The molecule has 0 aliphatic heterocycles. The molecule has 35 heavy (non-hydrogen) atoms. The van der Waals surface area contributed by atoms with E-state index in [9.17, 15) is 19.5 Å². The molecule has 1 saturated carbocycles. The van der Waals surface area contributed by atoms with Crippen LogP contribution in [-0.2, 0) is 14.3 Å². The van der Waals surface area contributed by atoms with Gasteiger partial charge in [-0.1, -0.05) is 74.2 Å². The van der Waals surface area contributed by atoms with Gasteiger partial charge < -0.3 is 20.1 Å². The molecular formula is C28H34N2O5. The second-order valence-electron chi connectivity index (χ2n) is 9.73. The summed E-state index contributed by atoms with van der Waals surface area (Å²) < 4.78 is 5.65. The number of hydrogen-bond donors (Lipinski definition) is 2. The second-order valence-corrected chi connectivity index (χ2v) is 9.73. The lowest BCUT2D eigenvalue weighted by atomic mass is 9.87. The van der Waals surface area contributed by atoms with Crippen molar-refractivity contribution in [3.05, 3.63) is 59.7 Å². The third-order valence-electron chi connectivity index (χ3n) is 7.69. The molecule has 7 nitrogen and oxygen atoms in total. The van der Waals surface area contributed by atoms with Crippen molar-refractivity contribution in [2.75, 3.05) is 20.2 Å². The number of carbonyl (C=O) groups excluding carboxylic acids is 2. The number of carboxylic acids is 1. The Kier molecular flexibility index (Phi) is 7.73. The minimum atomic E-state index is -1.03. The molecule has 0 bridgehead atoms. The van der Waals surface area contributed by atoms with Gasteiger partial charge in [0.25, 0.3) is 0 Å². The molecule has 0 spiro atoms. The van der Waals surface area contributed by atoms with Gasteiger partial charge in [0.15, 0.2) is 0 Å². The minimum absolute atomic E-state index is 0.00786. The number of amides is 2. The first-order valence-corrected chi connectivity index (χ1v) is 12.4. The number of ether oxygens (including phenoxy) is 1. The van der Waals surface area contributed by atoms with Crippen LogP contribution in [0.5, 0.6) is 0 Å². The highest BCUT2D eigenvalue weighted by molar-refractivity contribution is 5.83. The van der Waals surface area contributed by atoms with E-state index in [1.807, 2.05) is 24.3 Å². The molecule has 1 unspecified atom stereocenters. The van der Waals surface area contributed by atoms with Crippen LogP contribution < -0.4 is 5.32 Å². The van der Waals surface area contributed by atoms with Crippen molar-refractivity contribution < 1.29 is 24.2 Å². The number of rotatable bonds is 9. The smallest absolute Gasteiger partial charge is 0.407 e. The summed E-state index contributed by atoms with van der Waals surface area (Å²) in [5, 5.41) is 12.1. The van der Waals surface area contributed by atoms with Gasteiger partial charge in [0.05, 0.1) is 0 Å². The Labute approximate surface area is 206 Å². The fourth-order valence-electron chi connectivity index (χ4n) is 5.45. The van der Waals surface area contributed by atoms with Gasteiger partial charge in [0.1, 0.15) is 12.6 Å². The molecular weight excluding hydrogens is 444 g/mol. The molecule has 2 aliphatic carbocycles. The molecule has 0 radical (unpaired) electrons. The summed E-state index contributed by atoms with van der Waals surface area (Å²) in [6.07, 6.45) is 3.98. The van der Waals surface area contributed by atoms with Crippen LogP contribution in [0.15, 0.2) is 48.5 Å². The lowest BCUT2D eigenvalue weighted by Gasteiger charge is -2.27. The Morgan fingerprint density at radius 2 is 1.60 bits per heavy atom. The van der Waals surface area contributed by atoms with Crippen molar-refractivity contribution in [2.45, 2.75) is 51.0 Å². The Morgan fingerprint density at radius 3 is 2.17 bits per heavy atom. The maximum absolute atomic E-state index is 12.8. The zero-order chi connectivity index (χ0) is 24.9. The molecule has 2 aromatic rings. The van der Waals surface area contributed by atoms with Crippen LogP contribution in [0.3, 0.4) is 0 Å². The van der Waals surface area contributed by atoms with Crippen molar-refractivity contribution in [3.63, 3.8) is 0 Å². The topological polar surface area (TPSA) is 95.9 Å². The first-order valence-electron chi connectivity index (χ1n) is 12.4. The van der Waals surface area contributed by atoms with Crippen molar-refractivity contribution in [3.8, 4) is 11.1 Å². The fourth-order valence-corrected chi connectivity index (χ4v) is 5.45. The van der Waals surface area contributed by atoms with Crippen molar-refractivity contribution in [2.24, 2.45) is 11.8 Å². The van der Waals surface area contributed by atoms with E-state index in [1.165, 1.54) is 30.0 Å². The maximum atomic E-state index is 12.8. The van der Waals surface area contributed by atoms with E-state index >= 15 is 0 Å². The number of alkyl carbamates (subject to hydrolysis) is 1. The number of fused-ring (bicyclic) bond motifs is 3. The Bertz CT molecular complexity index is 1030. The molecule has 2 aliphatic rings. The van der Waals surface area contributed by atoms with E-state index in [-0.39, 0.29) is 30.8 Å². The molecule has 2 aromatic carbocycles. The molecule has 1 fully saturated rings. The van der Waals surface area contributed by atoms with Crippen LogP contribution in [0.1, 0.15) is 56.1 Å². The fraction of sp³-hybridized carbons (Fsp3) is 0.464. The SMILES string of the molecule is C[C@@H](C(=O)O)N(C)C(=O)CC(CNC(=O)OCC1c2ccccc2-c2ccccc21)C1CCCC1. The van der Waals surface area contributed by atoms with Gasteiger partial charge in [-0.15, -0.1) is 0 Å². The highest BCUT2D eigenvalue weighted by atomic mass is 16.5. The van der Waals surface area contributed by atoms with Crippen LogP contribution in [0.4, 0.5) is 4.79 Å². The number of aliphatic carboxylic acids is 1. The van der Waals surface area contributed by atoms with Crippen LogP contribution in [-0.4, -0.2) is 54.2 Å². The molecule has 4 rings (SSSR count). The average molecular weight is 479 g/mol. The third-order valence-corrected chi connectivity index (χ3v) is 7.69. The van der Waals surface area contributed by atoms with Crippen LogP contribution in [0.2, 0.25) is 0 Å². The number of likely N-dealkylation sites (N-methyl/N-ethyl adjacent to an activating group) is 1. The monoisotopic (exact) mass is 478 g/mol. The quantitative estimate of drug-likeness (QED) is 0.547. The Hall–Kier alpha value is -3.35. The maximum Gasteiger partial charge on any atom is 0.407 e. The number of carboxylic acid groups (broad SMARTS) is 1. The number of hydrogen-bond acceptors (Lipinski definition) is 4. The second kappa shape index (κ2) is 10.9. The van der Waals surface area contributed by atoms with E-state index in [4.69, 9.17) is 4.74 Å². The lowest BCUT2D eigenvalue weighted by molar-refractivity contribution is -0.148. The standard InChI is InChI=1S/C28H34N2O5/c1-18(27(32)33)30(2)26(31)15-20(19-9-3-4-10-19)16-29-28(34)35-17-25-23-13-7-5-11-21(23)22-12-6-8-14-24(22)25/h5-8,11-14,18-20,25H,3-4,9-10,15-17H2,1-2H3,(H,29,34)(H,32,33)/t18-,20?/m0/s1. The summed E-state index contributed by atoms with van der Waals surface area (Å²) in [6, 6.07) is 15.5. The highest BCUT2D eigenvalue weighted by Gasteiger charge is 2.32. The number of nitrogens with zero attached hydrogens (tertiary/aromatic N) is 1.